The predicted octanol–water partition coefficient (Wildman–Crippen LogP) is 1.01. The van der Waals surface area contributed by atoms with Gasteiger partial charge in [-0.2, -0.15) is 4.31 Å². The van der Waals surface area contributed by atoms with Crippen molar-refractivity contribution in [2.24, 2.45) is 0 Å². The third kappa shape index (κ3) is 3.35. The van der Waals surface area contributed by atoms with E-state index in [9.17, 15) is 13.2 Å². The molecule has 0 spiro atoms. The fraction of sp³-hybridized carbons (Fsp3) is 0.263. The normalized spacial score (nSPS) is 16.7. The number of nitrogens with one attached hydrogen (secondary N) is 2. The molecule has 150 valence electrons. The van der Waals surface area contributed by atoms with Crippen molar-refractivity contribution < 1.29 is 8.42 Å². The van der Waals surface area contributed by atoms with Gasteiger partial charge in [0.1, 0.15) is 5.65 Å². The Hall–Kier alpha value is -2.95. The van der Waals surface area contributed by atoms with Gasteiger partial charge in [0.2, 0.25) is 10.0 Å². The van der Waals surface area contributed by atoms with Crippen molar-refractivity contribution in [1.29, 1.82) is 0 Å². The fourth-order valence-electron chi connectivity index (χ4n) is 3.74. The molecule has 0 atom stereocenters. The number of aromatic amines is 2. The molecule has 1 aliphatic heterocycles. The standard InChI is InChI=1S/C19H20N6O3S/c26-19-21-16-5-4-15(11-17(16)22-19)29(27,28)25-9-7-23(8-10-25)12-14-13-24-6-2-1-3-18(24)20-14/h1-6,11,13H,7-10,12H2,(H2,21,22,26). The van der Waals surface area contributed by atoms with Crippen LogP contribution < -0.4 is 5.69 Å². The van der Waals surface area contributed by atoms with Gasteiger partial charge in [-0.25, -0.2) is 18.2 Å². The highest BCUT2D eigenvalue weighted by Gasteiger charge is 2.29. The Morgan fingerprint density at radius 2 is 1.79 bits per heavy atom. The molecule has 5 rings (SSSR count). The first-order valence-electron chi connectivity index (χ1n) is 9.36. The van der Waals surface area contributed by atoms with E-state index in [0.717, 1.165) is 11.3 Å². The number of piperazine rings is 1. The van der Waals surface area contributed by atoms with Crippen LogP contribution in [0.5, 0.6) is 0 Å². The van der Waals surface area contributed by atoms with Crippen LogP contribution in [0.1, 0.15) is 5.69 Å². The number of H-pyrrole nitrogens is 2. The summed E-state index contributed by atoms with van der Waals surface area (Å²) in [5, 5.41) is 0. The van der Waals surface area contributed by atoms with Gasteiger partial charge in [-0.3, -0.25) is 4.90 Å². The Morgan fingerprint density at radius 1 is 1.00 bits per heavy atom. The van der Waals surface area contributed by atoms with Crippen LogP contribution in [0.2, 0.25) is 0 Å². The lowest BCUT2D eigenvalue weighted by molar-refractivity contribution is 0.180. The van der Waals surface area contributed by atoms with E-state index in [2.05, 4.69) is 19.9 Å². The first-order valence-corrected chi connectivity index (χ1v) is 10.8. The van der Waals surface area contributed by atoms with Gasteiger partial charge in [0.25, 0.3) is 0 Å². The fourth-order valence-corrected chi connectivity index (χ4v) is 5.19. The maximum Gasteiger partial charge on any atom is 0.323 e. The van der Waals surface area contributed by atoms with E-state index < -0.39 is 10.0 Å². The summed E-state index contributed by atoms with van der Waals surface area (Å²) in [6, 6.07) is 10.5. The third-order valence-corrected chi connectivity index (χ3v) is 7.15. The molecule has 4 heterocycles. The second-order valence-electron chi connectivity index (χ2n) is 7.17. The Labute approximate surface area is 166 Å². The summed E-state index contributed by atoms with van der Waals surface area (Å²) >= 11 is 0. The molecule has 1 fully saturated rings. The van der Waals surface area contributed by atoms with Crippen LogP contribution in [0, 0.1) is 0 Å². The smallest absolute Gasteiger partial charge is 0.307 e. The number of aromatic nitrogens is 4. The van der Waals surface area contributed by atoms with Crippen LogP contribution in [0.3, 0.4) is 0 Å². The van der Waals surface area contributed by atoms with Gasteiger partial charge in [-0.15, -0.1) is 0 Å². The average molecular weight is 412 g/mol. The molecule has 2 N–H and O–H groups in total. The molecular formula is C19H20N6O3S. The van der Waals surface area contributed by atoms with Crippen LogP contribution in [0.4, 0.5) is 0 Å². The second-order valence-corrected chi connectivity index (χ2v) is 9.10. The van der Waals surface area contributed by atoms with Crippen molar-refractivity contribution in [3.63, 3.8) is 0 Å². The van der Waals surface area contributed by atoms with E-state index in [1.807, 2.05) is 35.0 Å². The molecule has 0 radical (unpaired) electrons. The highest BCUT2D eigenvalue weighted by Crippen LogP contribution is 2.21. The molecule has 9 nitrogen and oxygen atoms in total. The van der Waals surface area contributed by atoms with Crippen LogP contribution in [0.25, 0.3) is 16.7 Å². The van der Waals surface area contributed by atoms with Crippen molar-refractivity contribution in [2.45, 2.75) is 11.4 Å². The van der Waals surface area contributed by atoms with Gasteiger partial charge >= 0.3 is 5.69 Å². The lowest BCUT2D eigenvalue weighted by Crippen LogP contribution is -2.48. The van der Waals surface area contributed by atoms with Crippen LogP contribution >= 0.6 is 0 Å². The number of pyridine rings is 1. The van der Waals surface area contributed by atoms with Gasteiger partial charge < -0.3 is 14.4 Å². The molecule has 0 aliphatic carbocycles. The van der Waals surface area contributed by atoms with Gasteiger partial charge in [0.15, 0.2) is 0 Å². The SMILES string of the molecule is O=c1[nH]c2ccc(S(=O)(=O)N3CCN(Cc4cn5ccccc5n4)CC3)cc2[nH]1. The molecule has 0 bridgehead atoms. The number of hydrogen-bond acceptors (Lipinski definition) is 5. The maximum absolute atomic E-state index is 13.0. The Kier molecular flexibility index (Phi) is 4.26. The van der Waals surface area contributed by atoms with Crippen molar-refractivity contribution in [2.75, 3.05) is 26.2 Å². The summed E-state index contributed by atoms with van der Waals surface area (Å²) in [5.41, 5.74) is 2.60. The zero-order valence-electron chi connectivity index (χ0n) is 15.6. The Bertz CT molecular complexity index is 1310. The molecule has 10 heteroatoms. The van der Waals surface area contributed by atoms with Gasteiger partial charge in [0, 0.05) is 45.1 Å². The average Bonchev–Trinajstić information content (AvgIpc) is 3.29. The van der Waals surface area contributed by atoms with Gasteiger partial charge in [-0.05, 0) is 30.3 Å². The molecule has 1 aliphatic rings. The number of imidazole rings is 2. The molecule has 4 aromatic rings. The number of nitrogens with zero attached hydrogens (tertiary/aromatic N) is 4. The Morgan fingerprint density at radius 3 is 2.59 bits per heavy atom. The molecule has 0 saturated carbocycles. The highest BCUT2D eigenvalue weighted by atomic mass is 32.2. The van der Waals surface area contributed by atoms with Gasteiger partial charge in [-0.1, -0.05) is 6.07 Å². The third-order valence-electron chi connectivity index (χ3n) is 5.26. The lowest BCUT2D eigenvalue weighted by atomic mass is 10.3. The van der Waals surface area contributed by atoms with E-state index in [1.54, 1.807) is 6.07 Å². The zero-order chi connectivity index (χ0) is 20.0. The van der Waals surface area contributed by atoms with E-state index >= 15 is 0 Å². The Balaban J connectivity index is 1.29. The number of rotatable bonds is 4. The van der Waals surface area contributed by atoms with Crippen molar-refractivity contribution in [3.05, 3.63) is 65.0 Å². The molecule has 29 heavy (non-hydrogen) atoms. The summed E-state index contributed by atoms with van der Waals surface area (Å²) in [6.45, 7) is 2.79. The number of sulfonamides is 1. The minimum absolute atomic E-state index is 0.189. The number of benzene rings is 1. The molecule has 1 aromatic carbocycles. The highest BCUT2D eigenvalue weighted by molar-refractivity contribution is 7.89. The lowest BCUT2D eigenvalue weighted by Gasteiger charge is -2.33. The zero-order valence-corrected chi connectivity index (χ0v) is 16.4. The van der Waals surface area contributed by atoms with E-state index in [0.29, 0.717) is 43.8 Å². The number of hydrogen-bond donors (Lipinski definition) is 2. The summed E-state index contributed by atoms with van der Waals surface area (Å²) in [6.07, 6.45) is 3.97. The minimum Gasteiger partial charge on any atom is -0.307 e. The molecule has 1 saturated heterocycles. The molecular weight excluding hydrogens is 392 g/mol. The molecule has 0 amide bonds. The quantitative estimate of drug-likeness (QED) is 0.520. The van der Waals surface area contributed by atoms with Crippen LogP contribution in [-0.2, 0) is 16.6 Å². The molecule has 3 aromatic heterocycles. The molecule has 0 unspecified atom stereocenters. The summed E-state index contributed by atoms with van der Waals surface area (Å²) in [4.78, 5) is 23.6. The number of fused-ring (bicyclic) bond motifs is 2. The van der Waals surface area contributed by atoms with E-state index in [1.165, 1.54) is 16.4 Å². The predicted molar refractivity (Wildman–Crippen MR) is 108 cm³/mol. The first-order chi connectivity index (χ1) is 14.0. The van der Waals surface area contributed by atoms with Gasteiger partial charge in [0.05, 0.1) is 21.6 Å². The first kappa shape index (κ1) is 18.1. The van der Waals surface area contributed by atoms with E-state index in [-0.39, 0.29) is 10.6 Å². The summed E-state index contributed by atoms with van der Waals surface area (Å²) in [5.74, 6) is 0. The van der Waals surface area contributed by atoms with Crippen molar-refractivity contribution in [1.82, 2.24) is 28.6 Å². The minimum atomic E-state index is -3.61. The monoisotopic (exact) mass is 412 g/mol. The maximum atomic E-state index is 13.0. The summed E-state index contributed by atoms with van der Waals surface area (Å²) in [7, 11) is -3.61. The van der Waals surface area contributed by atoms with E-state index in [4.69, 9.17) is 0 Å². The summed E-state index contributed by atoms with van der Waals surface area (Å²) < 4.78 is 29.5. The largest absolute Gasteiger partial charge is 0.323 e. The van der Waals surface area contributed by atoms with Crippen LogP contribution in [0.15, 0.2) is 58.5 Å². The van der Waals surface area contributed by atoms with Crippen LogP contribution in [-0.4, -0.2) is 63.2 Å². The van der Waals surface area contributed by atoms with Crippen molar-refractivity contribution in [3.8, 4) is 0 Å². The van der Waals surface area contributed by atoms with Crippen molar-refractivity contribution >= 4 is 26.7 Å². The topological polar surface area (TPSA) is 107 Å². The second kappa shape index (κ2) is 6.83.